The van der Waals surface area contributed by atoms with Gasteiger partial charge in [0.15, 0.2) is 23.0 Å². The summed E-state index contributed by atoms with van der Waals surface area (Å²) in [6.07, 6.45) is 0. The Kier molecular flexibility index (Phi) is 6.97. The summed E-state index contributed by atoms with van der Waals surface area (Å²) in [5.74, 6) is -7.42. The minimum atomic E-state index is -1.02. The second-order valence-electron chi connectivity index (χ2n) is 14.8. The lowest BCUT2D eigenvalue weighted by atomic mass is 9.83. The lowest BCUT2D eigenvalue weighted by Crippen LogP contribution is -1.95. The van der Waals surface area contributed by atoms with Crippen molar-refractivity contribution in [2.75, 3.05) is 0 Å². The Hall–Kier alpha value is -8.30. The highest BCUT2D eigenvalue weighted by molar-refractivity contribution is 6.29. The molecule has 8 N–H and O–H groups in total. The molecule has 59 heavy (non-hydrogen) atoms. The summed E-state index contributed by atoms with van der Waals surface area (Å²) in [5, 5.41) is 97.2. The van der Waals surface area contributed by atoms with Crippen LogP contribution in [0.4, 0.5) is 0 Å². The summed E-state index contributed by atoms with van der Waals surface area (Å²) >= 11 is 0. The molecule has 0 aliphatic heterocycles. The Bertz CT molecular complexity index is 3580. The molecule has 9 nitrogen and oxygen atoms in total. The Morgan fingerprint density at radius 1 is 0.305 bits per heavy atom. The molecule has 1 heterocycles. The van der Waals surface area contributed by atoms with Gasteiger partial charge in [0.25, 0.3) is 0 Å². The van der Waals surface area contributed by atoms with Gasteiger partial charge in [-0.1, -0.05) is 103 Å². The number of benzene rings is 10. The number of rotatable bonds is 3. The van der Waals surface area contributed by atoms with Crippen LogP contribution >= 0.6 is 0 Å². The van der Waals surface area contributed by atoms with Gasteiger partial charge in [-0.15, -0.1) is 0 Å². The van der Waals surface area contributed by atoms with Crippen molar-refractivity contribution in [1.82, 2.24) is 0 Å². The molecule has 10 aromatic carbocycles. The van der Waals surface area contributed by atoms with Crippen molar-refractivity contribution in [2.45, 2.75) is 0 Å². The fourth-order valence-corrected chi connectivity index (χ4v) is 8.91. The van der Waals surface area contributed by atoms with Crippen LogP contribution in [0, 0.1) is 0 Å². The van der Waals surface area contributed by atoms with Crippen LogP contribution in [0.5, 0.6) is 46.0 Å². The minimum Gasteiger partial charge on any atom is -0.504 e. The lowest BCUT2D eigenvalue weighted by Gasteiger charge is -2.22. The fraction of sp³-hybridized carbons (Fsp3) is 0. The van der Waals surface area contributed by atoms with E-state index in [9.17, 15) is 40.9 Å². The number of furan rings is 1. The van der Waals surface area contributed by atoms with Gasteiger partial charge in [0.05, 0.1) is 0 Å². The second-order valence-corrected chi connectivity index (χ2v) is 14.8. The van der Waals surface area contributed by atoms with Crippen LogP contribution in [0.15, 0.2) is 138 Å². The summed E-state index contributed by atoms with van der Waals surface area (Å²) < 4.78 is 6.45. The van der Waals surface area contributed by atoms with E-state index in [-0.39, 0.29) is 32.7 Å². The van der Waals surface area contributed by atoms with Crippen LogP contribution in [-0.4, -0.2) is 40.9 Å². The molecule has 0 atom stereocenters. The predicted molar refractivity (Wildman–Crippen MR) is 231 cm³/mol. The van der Waals surface area contributed by atoms with Gasteiger partial charge in [0, 0.05) is 48.8 Å². The van der Waals surface area contributed by atoms with Crippen LogP contribution in [0.3, 0.4) is 0 Å². The maximum Gasteiger partial charge on any atom is 0.204 e. The number of aromatic hydroxyl groups is 8. The molecule has 0 fully saturated rings. The summed E-state index contributed by atoms with van der Waals surface area (Å²) in [7, 11) is 0. The van der Waals surface area contributed by atoms with Crippen LogP contribution in [0.2, 0.25) is 0 Å². The summed E-state index contributed by atoms with van der Waals surface area (Å²) in [4.78, 5) is 0. The molecular formula is C50H30O9. The molecule has 0 saturated heterocycles. The molecular weight excluding hydrogens is 745 g/mol. The van der Waals surface area contributed by atoms with E-state index < -0.39 is 46.0 Å². The van der Waals surface area contributed by atoms with Crippen LogP contribution in [0.1, 0.15) is 0 Å². The van der Waals surface area contributed by atoms with Crippen molar-refractivity contribution in [2.24, 2.45) is 0 Å². The molecule has 9 heteroatoms. The minimum absolute atomic E-state index is 0.00742. The zero-order chi connectivity index (χ0) is 40.4. The molecule has 0 bridgehead atoms. The Balaban J connectivity index is 1.23. The molecule has 0 aliphatic carbocycles. The van der Waals surface area contributed by atoms with Crippen molar-refractivity contribution in [1.29, 1.82) is 0 Å². The number of hydrogen-bond donors (Lipinski definition) is 8. The third-order valence-electron chi connectivity index (χ3n) is 11.7. The van der Waals surface area contributed by atoms with Gasteiger partial charge < -0.3 is 45.3 Å². The zero-order valence-electron chi connectivity index (χ0n) is 30.7. The van der Waals surface area contributed by atoms with E-state index in [1.165, 1.54) is 0 Å². The van der Waals surface area contributed by atoms with Crippen molar-refractivity contribution >= 4 is 75.8 Å². The van der Waals surface area contributed by atoms with Gasteiger partial charge >= 0.3 is 0 Å². The monoisotopic (exact) mass is 774 g/mol. The third-order valence-corrected chi connectivity index (χ3v) is 11.7. The fourth-order valence-electron chi connectivity index (χ4n) is 8.91. The molecule has 0 radical (unpaired) electrons. The van der Waals surface area contributed by atoms with Crippen molar-refractivity contribution < 1.29 is 45.3 Å². The van der Waals surface area contributed by atoms with Gasteiger partial charge in [-0.25, -0.2) is 0 Å². The normalized spacial score (nSPS) is 11.9. The molecule has 11 aromatic rings. The highest BCUT2D eigenvalue weighted by Crippen LogP contribution is 2.62. The molecule has 0 spiro atoms. The number of phenolic OH excluding ortho intramolecular Hbond substituents is 8. The van der Waals surface area contributed by atoms with E-state index in [0.717, 1.165) is 60.0 Å². The molecule has 11 rings (SSSR count). The maximum absolute atomic E-state index is 11.7. The van der Waals surface area contributed by atoms with Crippen LogP contribution < -0.4 is 0 Å². The number of hydrogen-bond acceptors (Lipinski definition) is 9. The second kappa shape index (κ2) is 12.1. The van der Waals surface area contributed by atoms with Gasteiger partial charge in [0.1, 0.15) is 11.2 Å². The quantitative estimate of drug-likeness (QED) is 0.0493. The van der Waals surface area contributed by atoms with Crippen LogP contribution in [-0.2, 0) is 0 Å². The first kappa shape index (κ1) is 34.0. The Labute approximate surface area is 333 Å². The molecule has 1 aromatic heterocycles. The standard InChI is InChI=1S/C50H30O9/c51-42-38-35(28-16-13-23-6-1-2-8-26(23)20-28)39-41(45(54)49(58)47(56)43(39)52)36(40(38)44(53)48(57)46(42)55)29-17-14-24-12-15-27(21-30(24)22-29)31-10-5-11-34-37(31)33-19-18-25-7-3-4-9-32(25)50(33)59-34/h1-22,51-58H. The SMILES string of the molecule is Oc1c(O)c(O)c2c(-c3ccc4ccc(-c5cccc6oc7c8ccccc8ccc7c56)cc4c3)c3c(O)c(O)c(O)c(O)c3c(-c3ccc4ccccc4c3)c2c1O. The molecule has 0 unspecified atom stereocenters. The summed E-state index contributed by atoms with van der Waals surface area (Å²) in [6, 6.07) is 42.0. The predicted octanol–water partition coefficient (Wildman–Crippen LogP) is 12.0. The highest BCUT2D eigenvalue weighted by atomic mass is 16.4. The highest BCUT2D eigenvalue weighted by Gasteiger charge is 2.32. The third kappa shape index (κ3) is 4.66. The van der Waals surface area contributed by atoms with E-state index in [2.05, 4.69) is 12.1 Å². The largest absolute Gasteiger partial charge is 0.504 e. The summed E-state index contributed by atoms with van der Waals surface area (Å²) in [5.41, 5.74) is 3.95. The van der Waals surface area contributed by atoms with E-state index >= 15 is 0 Å². The van der Waals surface area contributed by atoms with Gasteiger partial charge in [-0.3, -0.25) is 0 Å². The first-order chi connectivity index (χ1) is 28.6. The van der Waals surface area contributed by atoms with E-state index in [1.54, 1.807) is 30.3 Å². The number of phenols is 8. The molecule has 0 amide bonds. The Morgan fingerprint density at radius 3 is 1.36 bits per heavy atom. The number of fused-ring (bicyclic) bond motifs is 9. The molecule has 0 saturated carbocycles. The van der Waals surface area contributed by atoms with Gasteiger partial charge in [0.2, 0.25) is 23.0 Å². The van der Waals surface area contributed by atoms with Crippen molar-refractivity contribution in [3.8, 4) is 79.4 Å². The Morgan fingerprint density at radius 2 is 0.763 bits per heavy atom. The maximum atomic E-state index is 11.7. The zero-order valence-corrected chi connectivity index (χ0v) is 30.7. The van der Waals surface area contributed by atoms with Crippen molar-refractivity contribution in [3.63, 3.8) is 0 Å². The van der Waals surface area contributed by atoms with Gasteiger partial charge in [-0.05, 0) is 79.5 Å². The average Bonchev–Trinajstić information content (AvgIpc) is 3.67. The van der Waals surface area contributed by atoms with Crippen molar-refractivity contribution in [3.05, 3.63) is 133 Å². The lowest BCUT2D eigenvalue weighted by molar-refractivity contribution is 0.350. The average molecular weight is 775 g/mol. The van der Waals surface area contributed by atoms with E-state index in [4.69, 9.17) is 4.42 Å². The molecule has 0 aliphatic rings. The van der Waals surface area contributed by atoms with E-state index in [0.29, 0.717) is 16.5 Å². The topological polar surface area (TPSA) is 175 Å². The summed E-state index contributed by atoms with van der Waals surface area (Å²) in [6.45, 7) is 0. The smallest absolute Gasteiger partial charge is 0.204 e. The van der Waals surface area contributed by atoms with Crippen LogP contribution in [0.25, 0.3) is 109 Å². The molecule has 284 valence electrons. The first-order valence-electron chi connectivity index (χ1n) is 18.7. The van der Waals surface area contributed by atoms with Gasteiger partial charge in [-0.2, -0.15) is 0 Å². The first-order valence-corrected chi connectivity index (χ1v) is 18.7. The van der Waals surface area contributed by atoms with E-state index in [1.807, 2.05) is 91.0 Å².